The molecule has 4 rings (SSSR count). The van der Waals surface area contributed by atoms with Crippen molar-refractivity contribution in [1.29, 1.82) is 0 Å². The molecule has 30 heavy (non-hydrogen) atoms. The fourth-order valence-electron chi connectivity index (χ4n) is 3.57. The molecule has 8 nitrogen and oxygen atoms in total. The smallest absolute Gasteiger partial charge is 0.325 e. The zero-order chi connectivity index (χ0) is 21.3. The molecule has 0 bridgehead atoms. The van der Waals surface area contributed by atoms with Crippen LogP contribution < -0.4 is 4.90 Å². The first kappa shape index (κ1) is 20.6. The molecule has 11 heteroatoms. The maximum absolute atomic E-state index is 14.8. The lowest BCUT2D eigenvalue weighted by atomic mass is 10.0. The molecule has 160 valence electrons. The van der Waals surface area contributed by atoms with Gasteiger partial charge in [0.1, 0.15) is 30.8 Å². The van der Waals surface area contributed by atoms with Gasteiger partial charge >= 0.3 is 5.97 Å². The van der Waals surface area contributed by atoms with Crippen molar-refractivity contribution in [1.82, 2.24) is 20.2 Å². The van der Waals surface area contributed by atoms with Gasteiger partial charge in [-0.2, -0.15) is 4.80 Å². The number of aryl methyl sites for hydroxylation is 1. The Balaban J connectivity index is 1.53. The number of tetrazole rings is 1. The Morgan fingerprint density at radius 2 is 2.07 bits per heavy atom. The summed E-state index contributed by atoms with van der Waals surface area (Å²) in [5, 5.41) is 12.0. The molecule has 1 aromatic heterocycles. The summed E-state index contributed by atoms with van der Waals surface area (Å²) < 4.78 is 46.4. The summed E-state index contributed by atoms with van der Waals surface area (Å²) in [5.74, 6) is -0.637. The predicted octanol–water partition coefficient (Wildman–Crippen LogP) is 1.48. The Hall–Kier alpha value is -2.69. The van der Waals surface area contributed by atoms with Crippen molar-refractivity contribution in [2.24, 2.45) is 0 Å². The second-order valence-corrected chi connectivity index (χ2v) is 8.80. The van der Waals surface area contributed by atoms with Crippen LogP contribution in [0.2, 0.25) is 0 Å². The first-order valence-electron chi connectivity index (χ1n) is 9.67. The minimum absolute atomic E-state index is 0.0921. The lowest BCUT2D eigenvalue weighted by Gasteiger charge is -2.33. The van der Waals surface area contributed by atoms with Crippen molar-refractivity contribution >= 4 is 28.0 Å². The Kier molecular flexibility index (Phi) is 5.89. The highest BCUT2D eigenvalue weighted by molar-refractivity contribution is 7.85. The molecule has 2 aliphatic rings. The van der Waals surface area contributed by atoms with E-state index in [2.05, 4.69) is 15.4 Å². The number of esters is 1. The van der Waals surface area contributed by atoms with Crippen molar-refractivity contribution in [2.75, 3.05) is 29.5 Å². The van der Waals surface area contributed by atoms with Crippen molar-refractivity contribution in [2.45, 2.75) is 32.4 Å². The van der Waals surface area contributed by atoms with Crippen LogP contribution in [0.3, 0.4) is 0 Å². The largest absolute Gasteiger partial charge is 0.457 e. The summed E-state index contributed by atoms with van der Waals surface area (Å²) in [6, 6.07) is 2.45. The van der Waals surface area contributed by atoms with Crippen LogP contribution in [0.1, 0.15) is 24.7 Å². The number of aromatic nitrogens is 4. The molecule has 0 radical (unpaired) electrons. The number of hydrogen-bond acceptors (Lipinski definition) is 7. The van der Waals surface area contributed by atoms with E-state index in [1.807, 2.05) is 6.92 Å². The zero-order valence-electron chi connectivity index (χ0n) is 16.4. The number of nitrogens with zero attached hydrogens (tertiary/aromatic N) is 5. The van der Waals surface area contributed by atoms with Gasteiger partial charge in [-0.05, 0) is 29.3 Å². The number of benzene rings is 1. The third-order valence-corrected chi connectivity index (χ3v) is 6.25. The van der Waals surface area contributed by atoms with Crippen molar-refractivity contribution in [3.63, 3.8) is 0 Å². The lowest BCUT2D eigenvalue weighted by molar-refractivity contribution is -0.150. The molecule has 0 N–H and O–H groups in total. The van der Waals surface area contributed by atoms with Crippen LogP contribution in [0.15, 0.2) is 18.2 Å². The van der Waals surface area contributed by atoms with Gasteiger partial charge in [-0.25, -0.2) is 8.78 Å². The summed E-state index contributed by atoms with van der Waals surface area (Å²) >= 11 is 0. The Morgan fingerprint density at radius 3 is 2.70 bits per heavy atom. The summed E-state index contributed by atoms with van der Waals surface area (Å²) in [5.41, 5.74) is 0.692. The monoisotopic (exact) mass is 437 g/mol. The van der Waals surface area contributed by atoms with E-state index in [1.54, 1.807) is 11.0 Å². The average Bonchev–Trinajstić information content (AvgIpc) is 3.16. The number of carbonyl (C=O) groups excluding carboxylic acids is 1. The van der Waals surface area contributed by atoms with Gasteiger partial charge in [-0.3, -0.25) is 9.00 Å². The number of carbonyl (C=O) groups is 1. The second kappa shape index (κ2) is 8.58. The Bertz CT molecular complexity index is 1000. The molecule has 1 fully saturated rings. The zero-order valence-corrected chi connectivity index (χ0v) is 17.2. The van der Waals surface area contributed by atoms with Crippen molar-refractivity contribution in [3.05, 3.63) is 41.2 Å². The minimum atomic E-state index is -0.978. The summed E-state index contributed by atoms with van der Waals surface area (Å²) in [6.45, 7) is 2.23. The third-order valence-electron chi connectivity index (χ3n) is 5.05. The van der Waals surface area contributed by atoms with E-state index < -0.39 is 34.5 Å². The number of cyclic esters (lactones) is 1. The van der Waals surface area contributed by atoms with Crippen LogP contribution >= 0.6 is 0 Å². The fourth-order valence-corrected chi connectivity index (χ4v) is 4.58. The first-order chi connectivity index (χ1) is 14.4. The Labute approximate surface area is 174 Å². The second-order valence-electron chi connectivity index (χ2n) is 7.18. The molecule has 2 aliphatic heterocycles. The fraction of sp³-hybridized carbons (Fsp3) is 0.474. The van der Waals surface area contributed by atoms with E-state index >= 15 is 0 Å². The number of morpholine rings is 1. The molecule has 1 saturated heterocycles. The van der Waals surface area contributed by atoms with Crippen LogP contribution in [-0.4, -0.2) is 61.1 Å². The number of halogens is 2. The first-order valence-corrected chi connectivity index (χ1v) is 11.2. The highest BCUT2D eigenvalue weighted by Crippen LogP contribution is 2.31. The maximum Gasteiger partial charge on any atom is 0.325 e. The van der Waals surface area contributed by atoms with E-state index in [9.17, 15) is 17.8 Å². The van der Waals surface area contributed by atoms with Crippen LogP contribution in [0.25, 0.3) is 5.57 Å². The number of anilines is 1. The Morgan fingerprint density at radius 1 is 1.30 bits per heavy atom. The van der Waals surface area contributed by atoms with E-state index in [1.165, 1.54) is 16.9 Å². The normalized spacial score (nSPS) is 22.0. The van der Waals surface area contributed by atoms with Gasteiger partial charge in [-0.1, -0.05) is 13.0 Å². The SMILES string of the molecule is CCc1nnn(CC2CN(c3cc(F)c(C4=CCS(=O)CC4)c(F)c3)CC(=O)O2)n1. The topological polar surface area (TPSA) is 90.2 Å². The molecule has 1 aromatic carbocycles. The van der Waals surface area contributed by atoms with E-state index in [0.29, 0.717) is 35.7 Å². The molecular weight excluding hydrogens is 416 g/mol. The van der Waals surface area contributed by atoms with Crippen molar-refractivity contribution < 1.29 is 22.5 Å². The van der Waals surface area contributed by atoms with Gasteiger partial charge < -0.3 is 9.64 Å². The van der Waals surface area contributed by atoms with Gasteiger partial charge in [0.2, 0.25) is 0 Å². The van der Waals surface area contributed by atoms with E-state index in [0.717, 1.165) is 0 Å². The average molecular weight is 437 g/mol. The quantitative estimate of drug-likeness (QED) is 0.655. The predicted molar refractivity (Wildman–Crippen MR) is 106 cm³/mol. The van der Waals surface area contributed by atoms with Crippen molar-refractivity contribution in [3.8, 4) is 0 Å². The molecule has 0 amide bonds. The lowest BCUT2D eigenvalue weighted by Crippen LogP contribution is -2.47. The van der Waals surface area contributed by atoms with Crippen LogP contribution in [-0.2, 0) is 33.3 Å². The molecule has 3 heterocycles. The standard InChI is InChI=1S/C19H21F2N5O3S/c1-2-17-22-24-26(23-17)10-14-9-25(11-18(27)29-14)13-7-15(20)19(16(21)8-13)12-3-5-30(28)6-4-12/h3,7-8,14H,2,4-6,9-11H2,1H3. The molecular formula is C19H21F2N5O3S. The number of rotatable bonds is 5. The highest BCUT2D eigenvalue weighted by Gasteiger charge is 2.29. The van der Waals surface area contributed by atoms with E-state index in [4.69, 9.17) is 4.74 Å². The molecule has 0 aliphatic carbocycles. The van der Waals surface area contributed by atoms with Gasteiger partial charge in [0.15, 0.2) is 5.82 Å². The van der Waals surface area contributed by atoms with Gasteiger partial charge in [-0.15, -0.1) is 10.2 Å². The molecule has 2 atom stereocenters. The van der Waals surface area contributed by atoms with Gasteiger partial charge in [0.25, 0.3) is 0 Å². The van der Waals surface area contributed by atoms with Crippen LogP contribution in [0.4, 0.5) is 14.5 Å². The molecule has 0 saturated carbocycles. The number of hydrogen-bond donors (Lipinski definition) is 0. The summed E-state index contributed by atoms with van der Waals surface area (Å²) in [6.07, 6.45) is 2.05. The van der Waals surface area contributed by atoms with E-state index in [-0.39, 0.29) is 30.9 Å². The molecule has 0 spiro atoms. The minimum Gasteiger partial charge on any atom is -0.457 e. The molecule has 2 unspecified atom stereocenters. The highest BCUT2D eigenvalue weighted by atomic mass is 32.2. The van der Waals surface area contributed by atoms with Gasteiger partial charge in [0.05, 0.1) is 6.54 Å². The molecule has 2 aromatic rings. The summed E-state index contributed by atoms with van der Waals surface area (Å²) in [4.78, 5) is 15.0. The van der Waals surface area contributed by atoms with Crippen LogP contribution in [0.5, 0.6) is 0 Å². The number of ether oxygens (including phenoxy) is 1. The summed E-state index contributed by atoms with van der Waals surface area (Å²) in [7, 11) is -0.978. The number of allylic oxidation sites excluding steroid dienone is 1. The maximum atomic E-state index is 14.8. The van der Waals surface area contributed by atoms with Crippen LogP contribution in [0, 0.1) is 11.6 Å². The third kappa shape index (κ3) is 4.40. The van der Waals surface area contributed by atoms with Gasteiger partial charge in [0, 0.05) is 40.0 Å².